The molecule has 5 aromatic rings. The van der Waals surface area contributed by atoms with Crippen LogP contribution in [0.4, 0.5) is 10.1 Å². The van der Waals surface area contributed by atoms with E-state index in [1.54, 1.807) is 18.3 Å². The van der Waals surface area contributed by atoms with Gasteiger partial charge >= 0.3 is 0 Å². The Bertz CT molecular complexity index is 1360. The molecule has 0 aliphatic heterocycles. The minimum atomic E-state index is -1.47. The molecule has 0 amide bonds. The predicted molar refractivity (Wildman–Crippen MR) is 110 cm³/mol. The van der Waals surface area contributed by atoms with Crippen LogP contribution in [0.3, 0.4) is 0 Å². The van der Waals surface area contributed by atoms with Gasteiger partial charge in [-0.1, -0.05) is 18.2 Å². The predicted octanol–water partition coefficient (Wildman–Crippen LogP) is 4.29. The SMILES string of the molecule is Cc1cc2ncccc2cc1C(F)c1nnc2ccc(-c3cccc(N)c3)nn12. The molecule has 1 atom stereocenters. The first kappa shape index (κ1) is 17.2. The van der Waals surface area contributed by atoms with Crippen molar-refractivity contribution in [2.24, 2.45) is 0 Å². The molecular formula is C22H17FN6. The molecule has 7 heteroatoms. The van der Waals surface area contributed by atoms with E-state index in [0.717, 1.165) is 22.0 Å². The number of anilines is 1. The van der Waals surface area contributed by atoms with Crippen molar-refractivity contribution in [3.63, 3.8) is 0 Å². The Hall–Kier alpha value is -3.87. The molecule has 0 spiro atoms. The average Bonchev–Trinajstić information content (AvgIpc) is 3.16. The Morgan fingerprint density at radius 2 is 1.90 bits per heavy atom. The largest absolute Gasteiger partial charge is 0.399 e. The number of hydrogen-bond acceptors (Lipinski definition) is 5. The number of alkyl halides is 1. The van der Waals surface area contributed by atoms with Crippen LogP contribution in [0.25, 0.3) is 27.8 Å². The molecule has 0 saturated carbocycles. The molecule has 0 fully saturated rings. The summed E-state index contributed by atoms with van der Waals surface area (Å²) in [6.07, 6.45) is 0.251. The van der Waals surface area contributed by atoms with E-state index < -0.39 is 6.17 Å². The van der Waals surface area contributed by atoms with Crippen molar-refractivity contribution in [2.45, 2.75) is 13.1 Å². The fraction of sp³-hybridized carbons (Fsp3) is 0.0909. The third-order valence-electron chi connectivity index (χ3n) is 4.96. The lowest BCUT2D eigenvalue weighted by Gasteiger charge is -2.12. The second-order valence-corrected chi connectivity index (χ2v) is 6.94. The number of nitrogens with two attached hydrogens (primary N) is 1. The van der Waals surface area contributed by atoms with Crippen molar-refractivity contribution in [3.8, 4) is 11.3 Å². The highest BCUT2D eigenvalue weighted by molar-refractivity contribution is 5.80. The summed E-state index contributed by atoms with van der Waals surface area (Å²) >= 11 is 0. The van der Waals surface area contributed by atoms with Gasteiger partial charge in [-0.05, 0) is 60.5 Å². The minimum absolute atomic E-state index is 0.136. The smallest absolute Gasteiger partial charge is 0.193 e. The summed E-state index contributed by atoms with van der Waals surface area (Å²) in [5.41, 5.74) is 10.7. The lowest BCUT2D eigenvalue weighted by Crippen LogP contribution is -2.06. The average molecular weight is 384 g/mol. The first-order valence-corrected chi connectivity index (χ1v) is 9.18. The number of rotatable bonds is 3. The van der Waals surface area contributed by atoms with Gasteiger partial charge in [0.05, 0.1) is 11.2 Å². The maximum atomic E-state index is 15.6. The molecule has 29 heavy (non-hydrogen) atoms. The van der Waals surface area contributed by atoms with Crippen LogP contribution < -0.4 is 5.73 Å². The molecule has 142 valence electrons. The summed E-state index contributed by atoms with van der Waals surface area (Å²) in [4.78, 5) is 4.33. The maximum absolute atomic E-state index is 15.6. The van der Waals surface area contributed by atoms with Gasteiger partial charge in [0.25, 0.3) is 0 Å². The van der Waals surface area contributed by atoms with Crippen molar-refractivity contribution < 1.29 is 4.39 Å². The molecule has 0 aliphatic carbocycles. The molecule has 2 aromatic carbocycles. The van der Waals surface area contributed by atoms with Gasteiger partial charge in [0, 0.05) is 22.8 Å². The zero-order valence-corrected chi connectivity index (χ0v) is 15.6. The molecule has 5 rings (SSSR count). The monoisotopic (exact) mass is 384 g/mol. The Kier molecular flexibility index (Phi) is 3.94. The zero-order valence-electron chi connectivity index (χ0n) is 15.6. The number of benzene rings is 2. The second kappa shape index (κ2) is 6.63. The van der Waals surface area contributed by atoms with Gasteiger partial charge in [0.1, 0.15) is 0 Å². The van der Waals surface area contributed by atoms with Crippen LogP contribution in [0.15, 0.2) is 66.9 Å². The highest BCUT2D eigenvalue weighted by Gasteiger charge is 2.23. The van der Waals surface area contributed by atoms with Crippen molar-refractivity contribution in [1.82, 2.24) is 24.8 Å². The van der Waals surface area contributed by atoms with Gasteiger partial charge in [0.15, 0.2) is 17.6 Å². The quantitative estimate of drug-likeness (QED) is 0.469. The maximum Gasteiger partial charge on any atom is 0.193 e. The third kappa shape index (κ3) is 2.97. The van der Waals surface area contributed by atoms with Crippen molar-refractivity contribution in [1.29, 1.82) is 0 Å². The van der Waals surface area contributed by atoms with Crippen molar-refractivity contribution >= 4 is 22.2 Å². The molecule has 0 aliphatic rings. The fourth-order valence-electron chi connectivity index (χ4n) is 3.47. The molecule has 1 unspecified atom stereocenters. The number of fused-ring (bicyclic) bond motifs is 2. The normalized spacial score (nSPS) is 12.5. The Balaban J connectivity index is 1.63. The van der Waals surface area contributed by atoms with Crippen molar-refractivity contribution in [3.05, 3.63) is 83.8 Å². The van der Waals surface area contributed by atoms with Crippen LogP contribution in [0.5, 0.6) is 0 Å². The van der Waals surface area contributed by atoms with E-state index in [1.165, 1.54) is 4.52 Å². The van der Waals surface area contributed by atoms with Crippen LogP contribution in [0.1, 0.15) is 23.1 Å². The number of nitrogen functional groups attached to an aromatic ring is 1. The van der Waals surface area contributed by atoms with Gasteiger partial charge in [0.2, 0.25) is 0 Å². The molecular weight excluding hydrogens is 367 g/mol. The molecule has 0 radical (unpaired) electrons. The highest BCUT2D eigenvalue weighted by Crippen LogP contribution is 2.30. The number of pyridine rings is 1. The summed E-state index contributed by atoms with van der Waals surface area (Å²) in [5.74, 6) is 0.136. The van der Waals surface area contributed by atoms with Gasteiger partial charge < -0.3 is 5.73 Å². The van der Waals surface area contributed by atoms with E-state index in [9.17, 15) is 0 Å². The summed E-state index contributed by atoms with van der Waals surface area (Å²) in [6.45, 7) is 1.87. The van der Waals surface area contributed by atoms with Crippen LogP contribution >= 0.6 is 0 Å². The van der Waals surface area contributed by atoms with E-state index in [2.05, 4.69) is 20.3 Å². The van der Waals surface area contributed by atoms with E-state index in [0.29, 0.717) is 22.6 Å². The standard InChI is InChI=1S/C22H17FN6/c1-13-10-19-15(5-3-9-25-19)12-17(13)21(23)22-27-26-20-8-7-18(28-29(20)22)14-4-2-6-16(24)11-14/h2-12,21H,24H2,1H3. The first-order valence-electron chi connectivity index (χ1n) is 9.18. The second-order valence-electron chi connectivity index (χ2n) is 6.94. The molecule has 3 aromatic heterocycles. The summed E-state index contributed by atoms with van der Waals surface area (Å²) < 4.78 is 17.1. The zero-order chi connectivity index (χ0) is 20.0. The van der Waals surface area contributed by atoms with Crippen LogP contribution in [-0.2, 0) is 0 Å². The van der Waals surface area contributed by atoms with Crippen LogP contribution in [0, 0.1) is 6.92 Å². The molecule has 0 bridgehead atoms. The van der Waals surface area contributed by atoms with Gasteiger partial charge in [-0.2, -0.15) is 9.61 Å². The Morgan fingerprint density at radius 3 is 2.76 bits per heavy atom. The third-order valence-corrected chi connectivity index (χ3v) is 4.96. The highest BCUT2D eigenvalue weighted by atomic mass is 19.1. The Labute approximate surface area is 165 Å². The van der Waals surface area contributed by atoms with E-state index in [-0.39, 0.29) is 5.82 Å². The molecule has 6 nitrogen and oxygen atoms in total. The topological polar surface area (TPSA) is 82.0 Å². The van der Waals surface area contributed by atoms with Gasteiger partial charge in [-0.25, -0.2) is 4.39 Å². The number of nitrogens with zero attached hydrogens (tertiary/aromatic N) is 5. The summed E-state index contributed by atoms with van der Waals surface area (Å²) in [7, 11) is 0. The fourth-order valence-corrected chi connectivity index (χ4v) is 3.47. The van der Waals surface area contributed by atoms with E-state index in [1.807, 2.05) is 55.5 Å². The van der Waals surface area contributed by atoms with E-state index in [4.69, 9.17) is 5.73 Å². The lowest BCUT2D eigenvalue weighted by atomic mass is 10.0. The summed E-state index contributed by atoms with van der Waals surface area (Å²) in [6, 6.07) is 18.4. The lowest BCUT2D eigenvalue weighted by molar-refractivity contribution is 0.376. The van der Waals surface area contributed by atoms with Crippen molar-refractivity contribution in [2.75, 3.05) is 5.73 Å². The van der Waals surface area contributed by atoms with Gasteiger partial charge in [-0.15, -0.1) is 10.2 Å². The van der Waals surface area contributed by atoms with Gasteiger partial charge in [-0.3, -0.25) is 4.98 Å². The number of hydrogen-bond donors (Lipinski definition) is 1. The minimum Gasteiger partial charge on any atom is -0.399 e. The number of aromatic nitrogens is 5. The number of aryl methyl sites for hydroxylation is 1. The first-order chi connectivity index (χ1) is 14.1. The van der Waals surface area contributed by atoms with Crippen LogP contribution in [0.2, 0.25) is 0 Å². The van der Waals surface area contributed by atoms with E-state index >= 15 is 4.39 Å². The molecule has 2 N–H and O–H groups in total. The Morgan fingerprint density at radius 1 is 1.00 bits per heavy atom. The molecule has 0 saturated heterocycles. The molecule has 3 heterocycles. The summed E-state index contributed by atoms with van der Waals surface area (Å²) in [5, 5.41) is 13.6. The number of halogens is 1. The van der Waals surface area contributed by atoms with Crippen LogP contribution in [-0.4, -0.2) is 24.8 Å².